The van der Waals surface area contributed by atoms with Crippen molar-refractivity contribution >= 4 is 38.9 Å². The predicted octanol–water partition coefficient (Wildman–Crippen LogP) is 1.97. The van der Waals surface area contributed by atoms with Crippen molar-refractivity contribution in [2.75, 3.05) is 18.1 Å². The van der Waals surface area contributed by atoms with Crippen LogP contribution in [0.3, 0.4) is 0 Å². The summed E-state index contributed by atoms with van der Waals surface area (Å²) in [5, 5.41) is 3.51. The lowest BCUT2D eigenvalue weighted by Crippen LogP contribution is -2.39. The van der Waals surface area contributed by atoms with Crippen molar-refractivity contribution in [3.05, 3.63) is 22.6 Å². The van der Waals surface area contributed by atoms with Gasteiger partial charge in [0.25, 0.3) is 0 Å². The number of aromatic nitrogens is 3. The Morgan fingerprint density at radius 3 is 3.29 bits per heavy atom. The summed E-state index contributed by atoms with van der Waals surface area (Å²) >= 11 is 5.42. The van der Waals surface area contributed by atoms with Crippen molar-refractivity contribution in [2.45, 2.75) is 12.5 Å². The molecule has 3 heterocycles. The van der Waals surface area contributed by atoms with Gasteiger partial charge < -0.3 is 10.3 Å². The molecule has 0 radical (unpaired) electrons. The van der Waals surface area contributed by atoms with E-state index in [-0.39, 0.29) is 0 Å². The number of halogens is 1. The highest BCUT2D eigenvalue weighted by Crippen LogP contribution is 2.17. The summed E-state index contributed by atoms with van der Waals surface area (Å²) in [6, 6.07) is 2.54. The molecular formula is C11H13BrN4S. The number of H-pyrrole nitrogens is 1. The number of pyridine rings is 1. The van der Waals surface area contributed by atoms with E-state index >= 15 is 0 Å². The number of thioether (sulfide) groups is 1. The summed E-state index contributed by atoms with van der Waals surface area (Å²) in [4.78, 5) is 12.1. The Balaban J connectivity index is 1.80. The molecule has 0 aromatic carbocycles. The van der Waals surface area contributed by atoms with Gasteiger partial charge in [-0.2, -0.15) is 11.8 Å². The Bertz CT molecular complexity index is 521. The molecule has 2 aromatic heterocycles. The smallest absolute Gasteiger partial charge is 0.177 e. The molecule has 0 bridgehead atoms. The van der Waals surface area contributed by atoms with Gasteiger partial charge in [-0.15, -0.1) is 0 Å². The number of fused-ring (bicyclic) bond motifs is 1. The van der Waals surface area contributed by atoms with Crippen LogP contribution in [0.4, 0.5) is 0 Å². The summed E-state index contributed by atoms with van der Waals surface area (Å²) in [7, 11) is 0. The summed E-state index contributed by atoms with van der Waals surface area (Å²) in [5.74, 6) is 3.39. The number of aromatic amines is 1. The minimum absolute atomic E-state index is 0.526. The number of nitrogens with zero attached hydrogens (tertiary/aromatic N) is 2. The van der Waals surface area contributed by atoms with Crippen molar-refractivity contribution in [3.8, 4) is 0 Å². The Morgan fingerprint density at radius 2 is 2.47 bits per heavy atom. The molecule has 2 N–H and O–H groups in total. The average molecular weight is 313 g/mol. The van der Waals surface area contributed by atoms with Crippen LogP contribution in [0, 0.1) is 0 Å². The maximum atomic E-state index is 4.51. The standard InChI is InChI=1S/C11H13BrN4S/c12-7-3-9-11(14-5-7)16-10(15-9)4-8-6-17-2-1-13-8/h3,5,8,13H,1-2,4,6H2,(H,14,15,16). The molecule has 1 saturated heterocycles. The summed E-state index contributed by atoms with van der Waals surface area (Å²) in [5.41, 5.74) is 1.80. The summed E-state index contributed by atoms with van der Waals surface area (Å²) < 4.78 is 0.978. The normalized spacial score (nSPS) is 20.9. The van der Waals surface area contributed by atoms with Gasteiger partial charge in [-0.25, -0.2) is 9.97 Å². The largest absolute Gasteiger partial charge is 0.341 e. The highest BCUT2D eigenvalue weighted by molar-refractivity contribution is 9.10. The molecule has 1 aliphatic rings. The van der Waals surface area contributed by atoms with Crippen LogP contribution in [0.1, 0.15) is 5.82 Å². The van der Waals surface area contributed by atoms with E-state index in [2.05, 4.69) is 36.2 Å². The van der Waals surface area contributed by atoms with E-state index < -0.39 is 0 Å². The predicted molar refractivity (Wildman–Crippen MR) is 74.4 cm³/mol. The van der Waals surface area contributed by atoms with E-state index in [0.717, 1.165) is 40.2 Å². The fraction of sp³-hybridized carbons (Fsp3) is 0.455. The van der Waals surface area contributed by atoms with E-state index in [9.17, 15) is 0 Å². The minimum atomic E-state index is 0.526. The third-order valence-electron chi connectivity index (χ3n) is 2.79. The van der Waals surface area contributed by atoms with E-state index in [1.165, 1.54) is 5.75 Å². The molecule has 90 valence electrons. The van der Waals surface area contributed by atoms with Crippen molar-refractivity contribution in [1.82, 2.24) is 20.3 Å². The number of hydrogen-bond acceptors (Lipinski definition) is 4. The first kappa shape index (κ1) is 11.5. The third-order valence-corrected chi connectivity index (χ3v) is 4.36. The fourth-order valence-corrected chi connectivity index (χ4v) is 3.29. The molecule has 2 aromatic rings. The molecule has 1 atom stereocenters. The second-order valence-corrected chi connectivity index (χ2v) is 6.20. The molecule has 1 aliphatic heterocycles. The second-order valence-electron chi connectivity index (χ2n) is 4.14. The van der Waals surface area contributed by atoms with Crippen molar-refractivity contribution < 1.29 is 0 Å². The topological polar surface area (TPSA) is 53.6 Å². The van der Waals surface area contributed by atoms with Gasteiger partial charge in [-0.3, -0.25) is 0 Å². The van der Waals surface area contributed by atoms with Crippen LogP contribution >= 0.6 is 27.7 Å². The average Bonchev–Trinajstić information content (AvgIpc) is 2.71. The lowest BCUT2D eigenvalue weighted by Gasteiger charge is -2.21. The first-order valence-corrected chi connectivity index (χ1v) is 7.57. The number of nitrogens with one attached hydrogen (secondary N) is 2. The maximum Gasteiger partial charge on any atom is 0.177 e. The molecule has 0 spiro atoms. The highest BCUT2D eigenvalue weighted by Gasteiger charge is 2.15. The van der Waals surface area contributed by atoms with Crippen LogP contribution < -0.4 is 5.32 Å². The quantitative estimate of drug-likeness (QED) is 0.890. The zero-order chi connectivity index (χ0) is 11.7. The van der Waals surface area contributed by atoms with Crippen molar-refractivity contribution in [3.63, 3.8) is 0 Å². The molecule has 1 unspecified atom stereocenters. The SMILES string of the molecule is Brc1cnc2nc(CC3CSCCN3)[nH]c2c1. The molecule has 17 heavy (non-hydrogen) atoms. The molecule has 0 saturated carbocycles. The molecule has 4 nitrogen and oxygen atoms in total. The first-order valence-electron chi connectivity index (χ1n) is 5.62. The zero-order valence-corrected chi connectivity index (χ0v) is 11.6. The van der Waals surface area contributed by atoms with E-state index in [0.29, 0.717) is 6.04 Å². The number of hydrogen-bond donors (Lipinski definition) is 2. The lowest BCUT2D eigenvalue weighted by atomic mass is 10.2. The van der Waals surface area contributed by atoms with Gasteiger partial charge in [-0.05, 0) is 22.0 Å². The first-order chi connectivity index (χ1) is 8.31. The minimum Gasteiger partial charge on any atom is -0.341 e. The molecule has 1 fully saturated rings. The van der Waals surface area contributed by atoms with Crippen molar-refractivity contribution in [2.24, 2.45) is 0 Å². The summed E-state index contributed by atoms with van der Waals surface area (Å²) in [6.07, 6.45) is 2.72. The molecular weight excluding hydrogens is 300 g/mol. The third kappa shape index (κ3) is 2.64. The van der Waals surface area contributed by atoms with Gasteiger partial charge in [0.05, 0.1) is 5.52 Å². The monoisotopic (exact) mass is 312 g/mol. The Kier molecular flexibility index (Phi) is 3.35. The van der Waals surface area contributed by atoms with E-state index in [1.54, 1.807) is 6.20 Å². The number of rotatable bonds is 2. The van der Waals surface area contributed by atoms with Gasteiger partial charge >= 0.3 is 0 Å². The molecule has 3 rings (SSSR count). The van der Waals surface area contributed by atoms with Gasteiger partial charge in [0.1, 0.15) is 5.82 Å². The van der Waals surface area contributed by atoms with Gasteiger partial charge in [-0.1, -0.05) is 0 Å². The van der Waals surface area contributed by atoms with E-state index in [4.69, 9.17) is 0 Å². The second kappa shape index (κ2) is 4.96. The van der Waals surface area contributed by atoms with Gasteiger partial charge in [0.2, 0.25) is 0 Å². The number of imidazole rings is 1. The van der Waals surface area contributed by atoms with Gasteiger partial charge in [0, 0.05) is 41.2 Å². The van der Waals surface area contributed by atoms with Crippen LogP contribution in [0.15, 0.2) is 16.7 Å². The zero-order valence-electron chi connectivity index (χ0n) is 9.24. The fourth-order valence-electron chi connectivity index (χ4n) is 2.01. The maximum absolute atomic E-state index is 4.51. The molecule has 6 heteroatoms. The summed E-state index contributed by atoms with van der Waals surface area (Å²) in [6.45, 7) is 1.10. The van der Waals surface area contributed by atoms with E-state index in [1.807, 2.05) is 17.8 Å². The lowest BCUT2D eigenvalue weighted by molar-refractivity contribution is 0.553. The van der Waals surface area contributed by atoms with Gasteiger partial charge in [0.15, 0.2) is 5.65 Å². The van der Waals surface area contributed by atoms with Crippen molar-refractivity contribution in [1.29, 1.82) is 0 Å². The van der Waals surface area contributed by atoms with Crippen LogP contribution in [-0.4, -0.2) is 39.0 Å². The Labute approximate surface area is 112 Å². The van der Waals surface area contributed by atoms with Crippen LogP contribution in [0.5, 0.6) is 0 Å². The highest BCUT2D eigenvalue weighted by atomic mass is 79.9. The van der Waals surface area contributed by atoms with Crippen LogP contribution in [0.2, 0.25) is 0 Å². The molecule has 0 aliphatic carbocycles. The Morgan fingerprint density at radius 1 is 1.53 bits per heavy atom. The van der Waals surface area contributed by atoms with Crippen LogP contribution in [-0.2, 0) is 6.42 Å². The Hall–Kier alpha value is -0.590. The van der Waals surface area contributed by atoms with Crippen LogP contribution in [0.25, 0.3) is 11.2 Å². The molecule has 0 amide bonds.